The number of imidazole rings is 2. The number of benzene rings is 3. The number of aromatic nitrogens is 4. The third-order valence-corrected chi connectivity index (χ3v) is 7.22. The number of para-hydroxylation sites is 1. The summed E-state index contributed by atoms with van der Waals surface area (Å²) in [5.41, 5.74) is 7.02. The zero-order valence-electron chi connectivity index (χ0n) is 26.8. The fraction of sp³-hybridized carbons (Fsp3) is 0.333. The number of rotatable bonds is 10. The summed E-state index contributed by atoms with van der Waals surface area (Å²) in [7, 11) is 0. The zero-order valence-corrected chi connectivity index (χ0v) is 26.8. The second-order valence-corrected chi connectivity index (χ2v) is 12.0. The number of aryl methyl sites for hydroxylation is 2. The number of fused-ring (bicyclic) bond motifs is 1. The topological polar surface area (TPSA) is 97.5 Å². The molecule has 0 saturated carbocycles. The maximum atomic E-state index is 12.4. The SMILES string of the molecule is CCCc1nc2c(C)cc(-c3cn(CC(=O)OCC)cn3)cc2n1Cc1ccc(-c2ccccc2OC(=O)OC(C)(C)C)cc1. The predicted molar refractivity (Wildman–Crippen MR) is 174 cm³/mol. The lowest BCUT2D eigenvalue weighted by Gasteiger charge is -2.19. The zero-order chi connectivity index (χ0) is 32.1. The van der Waals surface area contributed by atoms with Crippen molar-refractivity contribution >= 4 is 23.2 Å². The first-order valence-corrected chi connectivity index (χ1v) is 15.3. The number of hydrogen-bond donors (Lipinski definition) is 0. The monoisotopic (exact) mass is 608 g/mol. The highest BCUT2D eigenvalue weighted by Crippen LogP contribution is 2.32. The van der Waals surface area contributed by atoms with E-state index in [9.17, 15) is 9.59 Å². The molecule has 0 aliphatic heterocycles. The van der Waals surface area contributed by atoms with E-state index in [0.717, 1.165) is 63.2 Å². The summed E-state index contributed by atoms with van der Waals surface area (Å²) in [6, 6.07) is 19.9. The summed E-state index contributed by atoms with van der Waals surface area (Å²) < 4.78 is 20.0. The van der Waals surface area contributed by atoms with Gasteiger partial charge in [-0.15, -0.1) is 0 Å². The third-order valence-electron chi connectivity index (χ3n) is 7.22. The average molecular weight is 609 g/mol. The van der Waals surface area contributed by atoms with Crippen LogP contribution in [0.5, 0.6) is 5.75 Å². The van der Waals surface area contributed by atoms with E-state index in [1.165, 1.54) is 0 Å². The second kappa shape index (κ2) is 13.4. The minimum absolute atomic E-state index is 0.119. The van der Waals surface area contributed by atoms with Crippen molar-refractivity contribution in [2.24, 2.45) is 0 Å². The molecule has 2 aromatic heterocycles. The van der Waals surface area contributed by atoms with Crippen LogP contribution in [0.1, 0.15) is 58.0 Å². The summed E-state index contributed by atoms with van der Waals surface area (Å²) in [6.07, 6.45) is 4.62. The number of nitrogens with zero attached hydrogens (tertiary/aromatic N) is 4. The van der Waals surface area contributed by atoms with E-state index in [1.807, 2.05) is 36.5 Å². The van der Waals surface area contributed by atoms with Crippen molar-refractivity contribution in [2.75, 3.05) is 6.61 Å². The lowest BCUT2D eigenvalue weighted by Crippen LogP contribution is -2.26. The van der Waals surface area contributed by atoms with Crippen LogP contribution < -0.4 is 4.74 Å². The van der Waals surface area contributed by atoms with Gasteiger partial charge in [0, 0.05) is 30.3 Å². The molecule has 45 heavy (non-hydrogen) atoms. The Morgan fingerprint density at radius 2 is 1.71 bits per heavy atom. The molecule has 9 nitrogen and oxygen atoms in total. The van der Waals surface area contributed by atoms with Gasteiger partial charge in [0.05, 0.1) is 29.7 Å². The van der Waals surface area contributed by atoms with E-state index in [4.69, 9.17) is 19.2 Å². The fourth-order valence-electron chi connectivity index (χ4n) is 5.26. The molecule has 0 aliphatic rings. The molecule has 0 bridgehead atoms. The quantitative estimate of drug-likeness (QED) is 0.118. The fourth-order valence-corrected chi connectivity index (χ4v) is 5.26. The first-order chi connectivity index (χ1) is 21.5. The van der Waals surface area contributed by atoms with Crippen molar-refractivity contribution in [1.29, 1.82) is 0 Å². The molecule has 9 heteroatoms. The van der Waals surface area contributed by atoms with Gasteiger partial charge in [0.2, 0.25) is 0 Å². The molecule has 0 unspecified atom stereocenters. The van der Waals surface area contributed by atoms with Gasteiger partial charge in [-0.05, 0) is 75.9 Å². The van der Waals surface area contributed by atoms with E-state index >= 15 is 0 Å². The standard InChI is InChI=1S/C36H40N4O5/c1-7-11-32-38-34-24(3)18-27(29-21-39(23-37-29)22-33(41)43-8-2)19-30(34)40(32)20-25-14-16-26(17-15-25)28-12-9-10-13-31(28)44-35(42)45-36(4,5)6/h9-10,12-19,21,23H,7-8,11,20,22H2,1-6H3. The lowest BCUT2D eigenvalue weighted by atomic mass is 10.0. The van der Waals surface area contributed by atoms with Gasteiger partial charge in [0.1, 0.15) is 23.7 Å². The number of carbonyl (C=O) groups excluding carboxylic acids is 2. The Labute approximate surface area is 263 Å². The van der Waals surface area contributed by atoms with Crippen LogP contribution in [0.2, 0.25) is 0 Å². The lowest BCUT2D eigenvalue weighted by molar-refractivity contribution is -0.143. The van der Waals surface area contributed by atoms with Gasteiger partial charge in [-0.3, -0.25) is 4.79 Å². The first kappa shape index (κ1) is 31.5. The average Bonchev–Trinajstić information content (AvgIpc) is 3.58. The van der Waals surface area contributed by atoms with E-state index in [1.54, 1.807) is 44.7 Å². The van der Waals surface area contributed by atoms with Gasteiger partial charge in [-0.1, -0.05) is 49.4 Å². The molecule has 0 amide bonds. The molecule has 0 radical (unpaired) electrons. The number of hydrogen-bond acceptors (Lipinski definition) is 7. The summed E-state index contributed by atoms with van der Waals surface area (Å²) in [5, 5.41) is 0. The predicted octanol–water partition coefficient (Wildman–Crippen LogP) is 7.75. The van der Waals surface area contributed by atoms with Crippen molar-refractivity contribution in [3.05, 3.63) is 90.1 Å². The minimum atomic E-state index is -0.734. The molecule has 0 saturated heterocycles. The number of esters is 1. The number of ether oxygens (including phenoxy) is 3. The van der Waals surface area contributed by atoms with Crippen LogP contribution in [0.15, 0.2) is 73.2 Å². The Balaban J connectivity index is 1.43. The Morgan fingerprint density at radius 3 is 2.42 bits per heavy atom. The molecule has 0 atom stereocenters. The summed E-state index contributed by atoms with van der Waals surface area (Å²) in [5.74, 6) is 1.18. The van der Waals surface area contributed by atoms with E-state index in [0.29, 0.717) is 18.9 Å². The van der Waals surface area contributed by atoms with Gasteiger partial charge >= 0.3 is 12.1 Å². The van der Waals surface area contributed by atoms with Crippen molar-refractivity contribution in [1.82, 2.24) is 19.1 Å². The molecular weight excluding hydrogens is 568 g/mol. The van der Waals surface area contributed by atoms with Crippen LogP contribution in [0.3, 0.4) is 0 Å². The molecule has 0 spiro atoms. The molecule has 2 heterocycles. The largest absolute Gasteiger partial charge is 0.514 e. The maximum absolute atomic E-state index is 12.4. The molecule has 0 N–H and O–H groups in total. The highest BCUT2D eigenvalue weighted by Gasteiger charge is 2.20. The maximum Gasteiger partial charge on any atom is 0.514 e. The van der Waals surface area contributed by atoms with E-state index < -0.39 is 11.8 Å². The Bertz CT molecular complexity index is 1810. The van der Waals surface area contributed by atoms with Crippen LogP contribution in [-0.4, -0.2) is 43.4 Å². The summed E-state index contributed by atoms with van der Waals surface area (Å²) >= 11 is 0. The van der Waals surface area contributed by atoms with Gasteiger partial charge in [-0.25, -0.2) is 14.8 Å². The van der Waals surface area contributed by atoms with Crippen molar-refractivity contribution < 1.29 is 23.8 Å². The normalized spacial score (nSPS) is 11.5. The van der Waals surface area contributed by atoms with Gasteiger partial charge < -0.3 is 23.3 Å². The highest BCUT2D eigenvalue weighted by molar-refractivity contribution is 5.85. The van der Waals surface area contributed by atoms with Crippen molar-refractivity contribution in [3.63, 3.8) is 0 Å². The van der Waals surface area contributed by atoms with Crippen LogP contribution in [0.25, 0.3) is 33.4 Å². The van der Waals surface area contributed by atoms with Gasteiger partial charge in [-0.2, -0.15) is 0 Å². The molecule has 3 aromatic carbocycles. The minimum Gasteiger partial charge on any atom is -0.465 e. The molecule has 0 fully saturated rings. The van der Waals surface area contributed by atoms with Crippen LogP contribution in [0.4, 0.5) is 4.79 Å². The van der Waals surface area contributed by atoms with Crippen LogP contribution >= 0.6 is 0 Å². The van der Waals surface area contributed by atoms with E-state index in [-0.39, 0.29) is 12.5 Å². The van der Waals surface area contributed by atoms with Crippen molar-refractivity contribution in [2.45, 2.75) is 73.1 Å². The molecule has 5 aromatic rings. The molecule has 234 valence electrons. The summed E-state index contributed by atoms with van der Waals surface area (Å²) in [6.45, 7) is 12.5. The summed E-state index contributed by atoms with van der Waals surface area (Å²) in [4.78, 5) is 33.9. The van der Waals surface area contributed by atoms with Gasteiger partial charge in [0.25, 0.3) is 0 Å². The van der Waals surface area contributed by atoms with Gasteiger partial charge in [0.15, 0.2) is 0 Å². The van der Waals surface area contributed by atoms with Crippen molar-refractivity contribution in [3.8, 4) is 28.1 Å². The second-order valence-electron chi connectivity index (χ2n) is 12.0. The Morgan fingerprint density at radius 1 is 0.956 bits per heavy atom. The Kier molecular flexibility index (Phi) is 9.37. The smallest absolute Gasteiger partial charge is 0.465 e. The third kappa shape index (κ3) is 7.60. The molecular formula is C36H40N4O5. The number of carbonyl (C=O) groups is 2. The van der Waals surface area contributed by atoms with E-state index in [2.05, 4.69) is 47.7 Å². The highest BCUT2D eigenvalue weighted by atomic mass is 16.7. The van der Waals surface area contributed by atoms with Crippen LogP contribution in [0, 0.1) is 6.92 Å². The first-order valence-electron chi connectivity index (χ1n) is 15.3. The molecule has 0 aliphatic carbocycles. The molecule has 5 rings (SSSR count). The Hall–Kier alpha value is -4.92. The van der Waals surface area contributed by atoms with Crippen LogP contribution in [-0.2, 0) is 33.8 Å².